The molecular weight excluding hydrogens is 356 g/mol. The largest absolute Gasteiger partial charge is 0.497 e. The molecule has 0 bridgehead atoms. The molecule has 0 fully saturated rings. The Hall–Kier alpha value is -0.800. The molecule has 1 nitrogen and oxygen atoms in total. The van der Waals surface area contributed by atoms with Crippen LogP contribution in [0.3, 0.4) is 0 Å². The van der Waals surface area contributed by atoms with E-state index in [9.17, 15) is 0 Å². The van der Waals surface area contributed by atoms with Gasteiger partial charge in [-0.15, -0.1) is 0 Å². The van der Waals surface area contributed by atoms with Crippen LogP contribution in [0.1, 0.15) is 21.5 Å². The summed E-state index contributed by atoms with van der Waals surface area (Å²) in [5.41, 5.74) is 3.69. The van der Waals surface area contributed by atoms with Crippen LogP contribution < -0.4 is 4.74 Å². The Balaban J connectivity index is 2.35. The van der Waals surface area contributed by atoms with Gasteiger partial charge in [0.1, 0.15) is 5.75 Å². The predicted molar refractivity (Wildman–Crippen MR) is 82.6 cm³/mol. The summed E-state index contributed by atoms with van der Waals surface area (Å²) in [6.07, 6.45) is 0. The fourth-order valence-electron chi connectivity index (χ4n) is 1.82. The lowest BCUT2D eigenvalue weighted by Gasteiger charge is -2.14. The van der Waals surface area contributed by atoms with Gasteiger partial charge >= 0.3 is 0 Å². The monoisotopic (exact) mass is 368 g/mol. The number of hydrogen-bond donors (Lipinski definition) is 0. The molecule has 3 heteroatoms. The number of aryl methyl sites for hydroxylation is 1. The number of hydrogen-bond acceptors (Lipinski definition) is 1. The van der Waals surface area contributed by atoms with Crippen molar-refractivity contribution in [3.05, 3.63) is 63.6 Å². The Morgan fingerprint density at radius 2 is 1.72 bits per heavy atom. The van der Waals surface area contributed by atoms with E-state index in [-0.39, 0.29) is 4.83 Å². The normalized spacial score (nSPS) is 12.2. The van der Waals surface area contributed by atoms with Crippen LogP contribution in [0.4, 0.5) is 0 Å². The molecule has 0 spiro atoms. The van der Waals surface area contributed by atoms with Gasteiger partial charge in [0.25, 0.3) is 0 Å². The van der Waals surface area contributed by atoms with Gasteiger partial charge in [0.05, 0.1) is 11.9 Å². The SMILES string of the molecule is COc1ccc(C(Br)c2cccc(C)c2Br)cc1. The van der Waals surface area contributed by atoms with Crippen LogP contribution in [0.2, 0.25) is 0 Å². The highest BCUT2D eigenvalue weighted by Crippen LogP contribution is 2.37. The van der Waals surface area contributed by atoms with Gasteiger partial charge in [-0.1, -0.05) is 62.2 Å². The Bertz CT molecular complexity index is 535. The lowest BCUT2D eigenvalue weighted by Crippen LogP contribution is -1.95. The Kier molecular flexibility index (Phi) is 4.46. The first-order chi connectivity index (χ1) is 8.63. The molecule has 0 radical (unpaired) electrons. The van der Waals surface area contributed by atoms with Crippen molar-refractivity contribution in [3.63, 3.8) is 0 Å². The van der Waals surface area contributed by atoms with Gasteiger partial charge in [-0.3, -0.25) is 0 Å². The van der Waals surface area contributed by atoms with Crippen molar-refractivity contribution in [1.82, 2.24) is 0 Å². The predicted octanol–water partition coefficient (Wildman–Crippen LogP) is 5.25. The second-order valence-electron chi connectivity index (χ2n) is 4.11. The first kappa shape index (κ1) is 13.6. The highest BCUT2D eigenvalue weighted by molar-refractivity contribution is 9.11. The molecule has 2 aromatic rings. The van der Waals surface area contributed by atoms with E-state index in [0.29, 0.717) is 0 Å². The summed E-state index contributed by atoms with van der Waals surface area (Å²) in [4.78, 5) is 0.178. The van der Waals surface area contributed by atoms with Crippen molar-refractivity contribution in [2.24, 2.45) is 0 Å². The Morgan fingerprint density at radius 3 is 2.33 bits per heavy atom. The van der Waals surface area contributed by atoms with Gasteiger partial charge < -0.3 is 4.74 Å². The van der Waals surface area contributed by atoms with Crippen molar-refractivity contribution in [2.75, 3.05) is 7.11 Å². The zero-order valence-corrected chi connectivity index (χ0v) is 13.5. The highest BCUT2D eigenvalue weighted by atomic mass is 79.9. The Morgan fingerprint density at radius 1 is 1.06 bits per heavy atom. The molecule has 0 aliphatic carbocycles. The first-order valence-electron chi connectivity index (χ1n) is 5.66. The van der Waals surface area contributed by atoms with E-state index in [1.165, 1.54) is 16.7 Å². The fraction of sp³-hybridized carbons (Fsp3) is 0.200. The average Bonchev–Trinajstić information content (AvgIpc) is 2.41. The van der Waals surface area contributed by atoms with E-state index in [1.54, 1.807) is 7.11 Å². The molecule has 2 rings (SSSR count). The summed E-state index contributed by atoms with van der Waals surface area (Å²) in [6, 6.07) is 14.4. The van der Waals surface area contributed by atoms with E-state index in [0.717, 1.165) is 10.2 Å². The first-order valence-corrected chi connectivity index (χ1v) is 7.37. The second kappa shape index (κ2) is 5.89. The van der Waals surface area contributed by atoms with E-state index in [1.807, 2.05) is 12.1 Å². The number of methoxy groups -OCH3 is 1. The summed E-state index contributed by atoms with van der Waals surface area (Å²) >= 11 is 7.41. The van der Waals surface area contributed by atoms with E-state index >= 15 is 0 Å². The zero-order valence-electron chi connectivity index (χ0n) is 10.3. The number of rotatable bonds is 3. The third-order valence-electron chi connectivity index (χ3n) is 2.90. The number of alkyl halides is 1. The number of benzene rings is 2. The number of ether oxygens (including phenoxy) is 1. The molecule has 0 aliphatic rings. The van der Waals surface area contributed by atoms with Crippen LogP contribution in [-0.4, -0.2) is 7.11 Å². The quantitative estimate of drug-likeness (QED) is 0.671. The van der Waals surface area contributed by atoms with Gasteiger partial charge in [0, 0.05) is 4.47 Å². The molecule has 0 N–H and O–H groups in total. The van der Waals surface area contributed by atoms with Crippen LogP contribution >= 0.6 is 31.9 Å². The van der Waals surface area contributed by atoms with E-state index in [2.05, 4.69) is 69.1 Å². The molecule has 18 heavy (non-hydrogen) atoms. The Labute approximate surface area is 124 Å². The van der Waals surface area contributed by atoms with Gasteiger partial charge in [0.15, 0.2) is 0 Å². The second-order valence-corrected chi connectivity index (χ2v) is 5.82. The van der Waals surface area contributed by atoms with Crippen molar-refractivity contribution in [1.29, 1.82) is 0 Å². The van der Waals surface area contributed by atoms with E-state index < -0.39 is 0 Å². The zero-order chi connectivity index (χ0) is 13.1. The average molecular weight is 370 g/mol. The molecule has 1 atom stereocenters. The highest BCUT2D eigenvalue weighted by Gasteiger charge is 2.14. The molecule has 2 aromatic carbocycles. The third kappa shape index (κ3) is 2.78. The van der Waals surface area contributed by atoms with Crippen LogP contribution in [0.25, 0.3) is 0 Å². The number of halogens is 2. The maximum Gasteiger partial charge on any atom is 0.118 e. The van der Waals surface area contributed by atoms with Crippen LogP contribution in [0, 0.1) is 6.92 Å². The van der Waals surface area contributed by atoms with Crippen molar-refractivity contribution < 1.29 is 4.74 Å². The van der Waals surface area contributed by atoms with Gasteiger partial charge in [-0.2, -0.15) is 0 Å². The summed E-state index contributed by atoms with van der Waals surface area (Å²) in [5.74, 6) is 0.877. The van der Waals surface area contributed by atoms with Crippen LogP contribution in [-0.2, 0) is 0 Å². The third-order valence-corrected chi connectivity index (χ3v) is 5.01. The van der Waals surface area contributed by atoms with Crippen molar-refractivity contribution >= 4 is 31.9 Å². The molecule has 0 aliphatic heterocycles. The molecule has 0 amide bonds. The summed E-state index contributed by atoms with van der Waals surface area (Å²) < 4.78 is 6.33. The lowest BCUT2D eigenvalue weighted by molar-refractivity contribution is 0.414. The van der Waals surface area contributed by atoms with Crippen LogP contribution in [0.5, 0.6) is 5.75 Å². The molecule has 94 valence electrons. The molecule has 0 aromatic heterocycles. The minimum atomic E-state index is 0.178. The van der Waals surface area contributed by atoms with Crippen molar-refractivity contribution in [2.45, 2.75) is 11.8 Å². The maximum atomic E-state index is 5.17. The van der Waals surface area contributed by atoms with Crippen LogP contribution in [0.15, 0.2) is 46.9 Å². The van der Waals surface area contributed by atoms with Gasteiger partial charge in [-0.25, -0.2) is 0 Å². The molecule has 0 heterocycles. The van der Waals surface area contributed by atoms with Crippen molar-refractivity contribution in [3.8, 4) is 5.75 Å². The van der Waals surface area contributed by atoms with Gasteiger partial charge in [-0.05, 0) is 35.7 Å². The standard InChI is InChI=1S/C15H14Br2O/c1-10-4-3-5-13(14(10)16)15(17)11-6-8-12(18-2)9-7-11/h3-9,15H,1-2H3. The van der Waals surface area contributed by atoms with Gasteiger partial charge in [0.2, 0.25) is 0 Å². The minimum absolute atomic E-state index is 0.178. The topological polar surface area (TPSA) is 9.23 Å². The molecule has 1 unspecified atom stereocenters. The molecule has 0 saturated carbocycles. The summed E-state index contributed by atoms with van der Waals surface area (Å²) in [7, 11) is 1.68. The smallest absolute Gasteiger partial charge is 0.118 e. The minimum Gasteiger partial charge on any atom is -0.497 e. The lowest BCUT2D eigenvalue weighted by atomic mass is 10.0. The van der Waals surface area contributed by atoms with E-state index in [4.69, 9.17) is 4.74 Å². The fourth-order valence-corrected chi connectivity index (χ4v) is 3.31. The molecule has 0 saturated heterocycles. The summed E-state index contributed by atoms with van der Waals surface area (Å²) in [5, 5.41) is 0. The maximum absolute atomic E-state index is 5.17. The summed E-state index contributed by atoms with van der Waals surface area (Å²) in [6.45, 7) is 2.10. The molecular formula is C15H14Br2O.